The van der Waals surface area contributed by atoms with Crippen LogP contribution in [0.2, 0.25) is 5.02 Å². The number of benzene rings is 3. The van der Waals surface area contributed by atoms with E-state index in [0.717, 1.165) is 36.8 Å². The molecule has 1 aliphatic rings. The first-order valence-electron chi connectivity index (χ1n) is 12.6. The number of nitrogens with one attached hydrogen (secondary N) is 1. The molecule has 1 N–H and O–H groups in total. The predicted molar refractivity (Wildman–Crippen MR) is 143 cm³/mol. The Balaban J connectivity index is 1.60. The van der Waals surface area contributed by atoms with Crippen molar-refractivity contribution in [3.8, 4) is 5.75 Å². The lowest BCUT2D eigenvalue weighted by molar-refractivity contribution is -0.143. The van der Waals surface area contributed by atoms with Crippen molar-refractivity contribution in [2.45, 2.75) is 57.2 Å². The number of halogens is 1. The Hall–Kier alpha value is -3.31. The largest absolute Gasteiger partial charge is 0.484 e. The highest BCUT2D eigenvalue weighted by Gasteiger charge is 2.32. The molecule has 2 amide bonds. The van der Waals surface area contributed by atoms with Crippen molar-refractivity contribution in [3.05, 3.63) is 101 Å². The standard InChI is InChI=1S/C30H33ClN2O3/c31-25-18-16-24(17-19-25)21-33(29(34)22-36-27-14-8-3-9-15-27)28(20-23-10-4-1-5-11-23)30(35)32-26-12-6-2-7-13-26/h1,3-5,8-11,14-19,26,28H,2,6-7,12-13,20-22H2,(H,32,35)/t28-/m1/s1. The third-order valence-corrected chi connectivity index (χ3v) is 6.85. The zero-order valence-electron chi connectivity index (χ0n) is 20.4. The maximum atomic E-state index is 13.7. The zero-order chi connectivity index (χ0) is 25.2. The van der Waals surface area contributed by atoms with E-state index >= 15 is 0 Å². The van der Waals surface area contributed by atoms with E-state index in [2.05, 4.69) is 5.32 Å². The molecule has 1 fully saturated rings. The van der Waals surface area contributed by atoms with Crippen molar-refractivity contribution in [2.24, 2.45) is 0 Å². The van der Waals surface area contributed by atoms with Crippen LogP contribution < -0.4 is 10.1 Å². The van der Waals surface area contributed by atoms with E-state index in [-0.39, 0.29) is 31.0 Å². The number of amides is 2. The molecule has 1 aliphatic carbocycles. The van der Waals surface area contributed by atoms with E-state index in [1.54, 1.807) is 17.0 Å². The number of ether oxygens (including phenoxy) is 1. The molecule has 1 atom stereocenters. The Morgan fingerprint density at radius 3 is 2.17 bits per heavy atom. The van der Waals surface area contributed by atoms with Crippen LogP contribution in [0.5, 0.6) is 5.75 Å². The van der Waals surface area contributed by atoms with Gasteiger partial charge in [0.15, 0.2) is 6.61 Å². The molecule has 188 valence electrons. The van der Waals surface area contributed by atoms with Crippen molar-refractivity contribution in [1.82, 2.24) is 10.2 Å². The summed E-state index contributed by atoms with van der Waals surface area (Å²) in [6.07, 6.45) is 5.82. The molecule has 0 saturated heterocycles. The Labute approximate surface area is 218 Å². The van der Waals surface area contributed by atoms with Gasteiger partial charge in [-0.05, 0) is 48.2 Å². The van der Waals surface area contributed by atoms with E-state index < -0.39 is 6.04 Å². The molecule has 3 aromatic rings. The Morgan fingerprint density at radius 2 is 1.50 bits per heavy atom. The topological polar surface area (TPSA) is 58.6 Å². The molecule has 1 saturated carbocycles. The number of rotatable bonds is 10. The predicted octanol–water partition coefficient (Wildman–Crippen LogP) is 5.81. The lowest BCUT2D eigenvalue weighted by Gasteiger charge is -2.33. The van der Waals surface area contributed by atoms with Crippen LogP contribution in [-0.2, 0) is 22.6 Å². The second kappa shape index (κ2) is 13.1. The van der Waals surface area contributed by atoms with Crippen LogP contribution in [0.15, 0.2) is 84.9 Å². The van der Waals surface area contributed by atoms with Gasteiger partial charge in [-0.15, -0.1) is 0 Å². The molecule has 6 heteroatoms. The summed E-state index contributed by atoms with van der Waals surface area (Å²) in [5.74, 6) is 0.255. The fraction of sp³-hybridized carbons (Fsp3) is 0.333. The van der Waals surface area contributed by atoms with Crippen LogP contribution >= 0.6 is 11.6 Å². The molecule has 0 spiro atoms. The zero-order valence-corrected chi connectivity index (χ0v) is 21.2. The highest BCUT2D eigenvalue weighted by Crippen LogP contribution is 2.20. The van der Waals surface area contributed by atoms with Gasteiger partial charge in [-0.25, -0.2) is 0 Å². The molecule has 0 bridgehead atoms. The monoisotopic (exact) mass is 504 g/mol. The van der Waals surface area contributed by atoms with Gasteiger partial charge >= 0.3 is 0 Å². The average molecular weight is 505 g/mol. The van der Waals surface area contributed by atoms with Gasteiger partial charge in [0.05, 0.1) is 0 Å². The van der Waals surface area contributed by atoms with Crippen LogP contribution in [0.25, 0.3) is 0 Å². The Morgan fingerprint density at radius 1 is 0.861 bits per heavy atom. The molecular weight excluding hydrogens is 472 g/mol. The van der Waals surface area contributed by atoms with Crippen molar-refractivity contribution in [3.63, 3.8) is 0 Å². The maximum absolute atomic E-state index is 13.7. The molecule has 36 heavy (non-hydrogen) atoms. The summed E-state index contributed by atoms with van der Waals surface area (Å²) in [6.45, 7) is 0.128. The fourth-order valence-electron chi connectivity index (χ4n) is 4.63. The second-order valence-corrected chi connectivity index (χ2v) is 9.74. The minimum atomic E-state index is -0.670. The summed E-state index contributed by atoms with van der Waals surface area (Å²) in [6, 6.07) is 25.9. The molecule has 5 nitrogen and oxygen atoms in total. The summed E-state index contributed by atoms with van der Waals surface area (Å²) in [5.41, 5.74) is 1.90. The Kier molecular flexibility index (Phi) is 9.40. The smallest absolute Gasteiger partial charge is 0.261 e. The molecule has 0 aromatic heterocycles. The van der Waals surface area contributed by atoms with E-state index in [9.17, 15) is 9.59 Å². The normalized spacial score (nSPS) is 14.6. The van der Waals surface area contributed by atoms with E-state index in [4.69, 9.17) is 16.3 Å². The first-order valence-corrected chi connectivity index (χ1v) is 13.0. The number of hydrogen-bond acceptors (Lipinski definition) is 3. The van der Waals surface area contributed by atoms with Gasteiger partial charge in [0.25, 0.3) is 5.91 Å². The third-order valence-electron chi connectivity index (χ3n) is 6.59. The van der Waals surface area contributed by atoms with E-state index in [1.807, 2.05) is 72.8 Å². The number of nitrogens with zero attached hydrogens (tertiary/aromatic N) is 1. The van der Waals surface area contributed by atoms with Crippen LogP contribution in [0.1, 0.15) is 43.2 Å². The lowest BCUT2D eigenvalue weighted by Crippen LogP contribution is -2.53. The van der Waals surface area contributed by atoms with Crippen LogP contribution in [-0.4, -0.2) is 35.4 Å². The molecular formula is C30H33ClN2O3. The maximum Gasteiger partial charge on any atom is 0.261 e. The van der Waals surface area contributed by atoms with Crippen molar-refractivity contribution in [2.75, 3.05) is 6.61 Å². The van der Waals surface area contributed by atoms with Gasteiger partial charge in [-0.3, -0.25) is 9.59 Å². The minimum Gasteiger partial charge on any atom is -0.484 e. The number of para-hydroxylation sites is 1. The van der Waals surface area contributed by atoms with Crippen molar-refractivity contribution < 1.29 is 14.3 Å². The third kappa shape index (κ3) is 7.59. The molecule has 0 heterocycles. The summed E-state index contributed by atoms with van der Waals surface area (Å²) < 4.78 is 5.79. The highest BCUT2D eigenvalue weighted by atomic mass is 35.5. The first-order chi connectivity index (χ1) is 17.6. The highest BCUT2D eigenvalue weighted by molar-refractivity contribution is 6.30. The molecule has 3 aromatic carbocycles. The van der Waals surface area contributed by atoms with Gasteiger partial charge in [-0.2, -0.15) is 0 Å². The van der Waals surface area contributed by atoms with Crippen molar-refractivity contribution >= 4 is 23.4 Å². The fourth-order valence-corrected chi connectivity index (χ4v) is 4.76. The van der Waals surface area contributed by atoms with Gasteiger partial charge in [0, 0.05) is 24.0 Å². The summed E-state index contributed by atoms with van der Waals surface area (Å²) in [7, 11) is 0. The Bertz CT molecular complexity index is 1100. The summed E-state index contributed by atoms with van der Waals surface area (Å²) in [5, 5.41) is 3.87. The van der Waals surface area contributed by atoms with Gasteiger partial charge < -0.3 is 15.0 Å². The molecule has 0 aliphatic heterocycles. The summed E-state index contributed by atoms with van der Waals surface area (Å²) in [4.78, 5) is 29.0. The average Bonchev–Trinajstić information content (AvgIpc) is 2.92. The molecule has 0 unspecified atom stereocenters. The van der Waals surface area contributed by atoms with Crippen molar-refractivity contribution in [1.29, 1.82) is 0 Å². The van der Waals surface area contributed by atoms with E-state index in [1.165, 1.54) is 6.42 Å². The minimum absolute atomic E-state index is 0.118. The number of carbonyl (C=O) groups is 2. The SMILES string of the molecule is O=C(NC1CCCCC1)[C@@H](Cc1ccccc1)N(Cc1ccc(Cl)cc1)C(=O)COc1ccccc1. The lowest BCUT2D eigenvalue weighted by atomic mass is 9.94. The van der Waals surface area contributed by atoms with Crippen LogP contribution in [0.4, 0.5) is 0 Å². The second-order valence-electron chi connectivity index (χ2n) is 9.30. The van der Waals surface area contributed by atoms with Gasteiger partial charge in [0.2, 0.25) is 5.91 Å². The number of carbonyl (C=O) groups excluding carboxylic acids is 2. The van der Waals surface area contributed by atoms with Crippen LogP contribution in [0, 0.1) is 0 Å². The van der Waals surface area contributed by atoms with E-state index in [0.29, 0.717) is 17.2 Å². The summed E-state index contributed by atoms with van der Waals surface area (Å²) >= 11 is 6.09. The molecule has 4 rings (SSSR count). The van der Waals surface area contributed by atoms with Crippen LogP contribution in [0.3, 0.4) is 0 Å². The van der Waals surface area contributed by atoms with Gasteiger partial charge in [0.1, 0.15) is 11.8 Å². The van der Waals surface area contributed by atoms with Gasteiger partial charge in [-0.1, -0.05) is 91.5 Å². The molecule has 0 radical (unpaired) electrons. The quantitative estimate of drug-likeness (QED) is 0.379. The number of hydrogen-bond donors (Lipinski definition) is 1. The first kappa shape index (κ1) is 25.8.